The van der Waals surface area contributed by atoms with Crippen molar-refractivity contribution < 1.29 is 14.3 Å². The summed E-state index contributed by atoms with van der Waals surface area (Å²) >= 11 is 0. The van der Waals surface area contributed by atoms with Crippen molar-refractivity contribution in [3.05, 3.63) is 29.6 Å². The summed E-state index contributed by atoms with van der Waals surface area (Å²) in [6, 6.07) is 4.38. The summed E-state index contributed by atoms with van der Waals surface area (Å²) in [4.78, 5) is 11.1. The van der Waals surface area contributed by atoms with Crippen molar-refractivity contribution in [3.63, 3.8) is 0 Å². The zero-order valence-electron chi connectivity index (χ0n) is 10.7. The van der Waals surface area contributed by atoms with Gasteiger partial charge in [0.25, 0.3) is 0 Å². The van der Waals surface area contributed by atoms with Crippen LogP contribution in [0.15, 0.2) is 18.2 Å². The standard InChI is InChI=1S/C15H18FNO2/c16-12-2-1-3-13(14(12)15(18)19)17-8-11(9-4-5-9)10-6-7-10/h1-3,9-11,17H,4-8H2,(H,18,19). The van der Waals surface area contributed by atoms with E-state index in [-0.39, 0.29) is 5.56 Å². The fourth-order valence-electron chi connectivity index (χ4n) is 2.88. The van der Waals surface area contributed by atoms with E-state index >= 15 is 0 Å². The monoisotopic (exact) mass is 263 g/mol. The fourth-order valence-corrected chi connectivity index (χ4v) is 2.88. The summed E-state index contributed by atoms with van der Waals surface area (Å²) in [6.45, 7) is 0.763. The smallest absolute Gasteiger partial charge is 0.340 e. The van der Waals surface area contributed by atoms with E-state index in [1.807, 2.05) is 0 Å². The first kappa shape index (κ1) is 12.5. The number of nitrogens with one attached hydrogen (secondary N) is 1. The minimum absolute atomic E-state index is 0.243. The molecule has 3 rings (SSSR count). The molecule has 2 aliphatic carbocycles. The molecule has 0 bridgehead atoms. The Morgan fingerprint density at radius 2 is 1.95 bits per heavy atom. The summed E-state index contributed by atoms with van der Waals surface area (Å²) in [7, 11) is 0. The third-order valence-corrected chi connectivity index (χ3v) is 4.21. The van der Waals surface area contributed by atoms with Crippen LogP contribution < -0.4 is 5.32 Å². The van der Waals surface area contributed by atoms with Crippen LogP contribution in [-0.2, 0) is 0 Å². The van der Waals surface area contributed by atoms with Crippen LogP contribution in [0, 0.1) is 23.6 Å². The van der Waals surface area contributed by atoms with Crippen molar-refractivity contribution in [2.45, 2.75) is 25.7 Å². The van der Waals surface area contributed by atoms with Gasteiger partial charge in [0, 0.05) is 6.54 Å². The molecule has 3 nitrogen and oxygen atoms in total. The van der Waals surface area contributed by atoms with Crippen molar-refractivity contribution in [3.8, 4) is 0 Å². The Morgan fingerprint density at radius 3 is 2.47 bits per heavy atom. The van der Waals surface area contributed by atoms with Gasteiger partial charge in [0.2, 0.25) is 0 Å². The molecule has 102 valence electrons. The van der Waals surface area contributed by atoms with Crippen molar-refractivity contribution in [2.24, 2.45) is 17.8 Å². The highest BCUT2D eigenvalue weighted by Crippen LogP contribution is 2.49. The minimum Gasteiger partial charge on any atom is -0.478 e. The number of rotatable bonds is 6. The van der Waals surface area contributed by atoms with Gasteiger partial charge in [-0.1, -0.05) is 6.07 Å². The van der Waals surface area contributed by atoms with Gasteiger partial charge < -0.3 is 10.4 Å². The van der Waals surface area contributed by atoms with Gasteiger partial charge in [-0.3, -0.25) is 0 Å². The maximum atomic E-state index is 13.5. The summed E-state index contributed by atoms with van der Waals surface area (Å²) < 4.78 is 13.5. The maximum absolute atomic E-state index is 13.5. The highest BCUT2D eigenvalue weighted by atomic mass is 19.1. The van der Waals surface area contributed by atoms with Crippen molar-refractivity contribution in [1.82, 2.24) is 0 Å². The van der Waals surface area contributed by atoms with Crippen LogP contribution in [0.2, 0.25) is 0 Å². The Balaban J connectivity index is 1.72. The Bertz CT molecular complexity index is 483. The third kappa shape index (κ3) is 2.72. The van der Waals surface area contributed by atoms with Crippen molar-refractivity contribution >= 4 is 11.7 Å². The normalized spacial score (nSPS) is 18.6. The molecule has 2 N–H and O–H groups in total. The summed E-state index contributed by atoms with van der Waals surface area (Å²) in [5, 5.41) is 12.2. The maximum Gasteiger partial charge on any atom is 0.340 e. The fraction of sp³-hybridized carbons (Fsp3) is 0.533. The lowest BCUT2D eigenvalue weighted by atomic mass is 9.97. The molecular weight excluding hydrogens is 245 g/mol. The van der Waals surface area contributed by atoms with Crippen LogP contribution in [0.1, 0.15) is 36.0 Å². The Labute approximate surface area is 111 Å². The van der Waals surface area contributed by atoms with Gasteiger partial charge in [-0.05, 0) is 55.6 Å². The minimum atomic E-state index is -1.21. The summed E-state index contributed by atoms with van der Waals surface area (Å²) in [6.07, 6.45) is 5.16. The molecule has 1 aromatic carbocycles. The van der Waals surface area contributed by atoms with E-state index in [1.165, 1.54) is 31.7 Å². The first-order valence-electron chi connectivity index (χ1n) is 6.92. The van der Waals surface area contributed by atoms with E-state index in [9.17, 15) is 9.18 Å². The van der Waals surface area contributed by atoms with E-state index in [0.717, 1.165) is 18.4 Å². The number of hydrogen-bond donors (Lipinski definition) is 2. The molecule has 0 aliphatic heterocycles. The van der Waals surface area contributed by atoms with Crippen LogP contribution in [0.4, 0.5) is 10.1 Å². The van der Waals surface area contributed by atoms with E-state index in [2.05, 4.69) is 5.32 Å². The zero-order valence-corrected chi connectivity index (χ0v) is 10.7. The number of carboxylic acid groups (broad SMARTS) is 1. The van der Waals surface area contributed by atoms with Crippen molar-refractivity contribution in [2.75, 3.05) is 11.9 Å². The van der Waals surface area contributed by atoms with Gasteiger partial charge in [-0.15, -0.1) is 0 Å². The first-order valence-corrected chi connectivity index (χ1v) is 6.92. The van der Waals surface area contributed by atoms with Gasteiger partial charge >= 0.3 is 5.97 Å². The second-order valence-corrected chi connectivity index (χ2v) is 5.69. The topological polar surface area (TPSA) is 49.3 Å². The average Bonchev–Trinajstić information content (AvgIpc) is 3.23. The van der Waals surface area contributed by atoms with Crippen LogP contribution in [0.25, 0.3) is 0 Å². The second kappa shape index (κ2) is 4.83. The SMILES string of the molecule is O=C(O)c1c(F)cccc1NCC(C1CC1)C1CC1. The number of carboxylic acids is 1. The molecule has 0 spiro atoms. The quantitative estimate of drug-likeness (QED) is 0.827. The largest absolute Gasteiger partial charge is 0.478 e. The Hall–Kier alpha value is -1.58. The molecule has 0 unspecified atom stereocenters. The molecule has 2 saturated carbocycles. The first-order chi connectivity index (χ1) is 9.16. The zero-order chi connectivity index (χ0) is 13.4. The molecule has 0 heterocycles. The molecule has 0 radical (unpaired) electrons. The molecule has 0 saturated heterocycles. The number of hydrogen-bond acceptors (Lipinski definition) is 2. The van der Waals surface area contributed by atoms with Gasteiger partial charge in [0.1, 0.15) is 11.4 Å². The van der Waals surface area contributed by atoms with Crippen LogP contribution in [0.3, 0.4) is 0 Å². The molecule has 4 heteroatoms. The molecular formula is C15H18FNO2. The van der Waals surface area contributed by atoms with E-state index < -0.39 is 11.8 Å². The third-order valence-electron chi connectivity index (χ3n) is 4.21. The summed E-state index contributed by atoms with van der Waals surface area (Å²) in [5.41, 5.74) is 0.159. The number of benzene rings is 1. The summed E-state index contributed by atoms with van der Waals surface area (Å²) in [5.74, 6) is 0.329. The second-order valence-electron chi connectivity index (χ2n) is 5.69. The average molecular weight is 263 g/mol. The van der Waals surface area contributed by atoms with Gasteiger partial charge in [0.05, 0.1) is 5.69 Å². The highest BCUT2D eigenvalue weighted by Gasteiger charge is 2.41. The van der Waals surface area contributed by atoms with E-state index in [0.29, 0.717) is 11.6 Å². The van der Waals surface area contributed by atoms with Crippen molar-refractivity contribution in [1.29, 1.82) is 0 Å². The van der Waals surface area contributed by atoms with Crippen LogP contribution >= 0.6 is 0 Å². The number of halogens is 1. The molecule has 2 aliphatic rings. The lowest BCUT2D eigenvalue weighted by Gasteiger charge is -2.18. The van der Waals surface area contributed by atoms with E-state index in [4.69, 9.17) is 5.11 Å². The molecule has 0 amide bonds. The molecule has 2 fully saturated rings. The number of anilines is 1. The van der Waals surface area contributed by atoms with Gasteiger partial charge in [-0.25, -0.2) is 9.18 Å². The van der Waals surface area contributed by atoms with Crippen LogP contribution in [0.5, 0.6) is 0 Å². The number of aromatic carboxylic acids is 1. The van der Waals surface area contributed by atoms with Gasteiger partial charge in [0.15, 0.2) is 0 Å². The van der Waals surface area contributed by atoms with Crippen LogP contribution in [-0.4, -0.2) is 17.6 Å². The predicted octanol–water partition coefficient (Wildman–Crippen LogP) is 3.37. The molecule has 0 aromatic heterocycles. The Kier molecular flexibility index (Phi) is 3.17. The number of carbonyl (C=O) groups is 1. The van der Waals surface area contributed by atoms with Gasteiger partial charge in [-0.2, -0.15) is 0 Å². The van der Waals surface area contributed by atoms with E-state index in [1.54, 1.807) is 12.1 Å². The molecule has 0 atom stereocenters. The highest BCUT2D eigenvalue weighted by molar-refractivity contribution is 5.94. The lowest BCUT2D eigenvalue weighted by molar-refractivity contribution is 0.0693. The lowest BCUT2D eigenvalue weighted by Crippen LogP contribution is -2.20. The predicted molar refractivity (Wildman–Crippen MR) is 70.8 cm³/mol. The molecule has 1 aromatic rings. The Morgan fingerprint density at radius 1 is 1.32 bits per heavy atom. The molecule has 19 heavy (non-hydrogen) atoms.